The zero-order valence-corrected chi connectivity index (χ0v) is 12.0. The number of thiazole rings is 1. The summed E-state index contributed by atoms with van der Waals surface area (Å²) in [4.78, 5) is 15.4. The number of nitrogens with zero attached hydrogens (tertiary/aromatic N) is 1. The maximum Gasteiger partial charge on any atom is 0.277 e. The number of aromatic nitrogens is 1. The Bertz CT molecular complexity index is 812. The predicted octanol–water partition coefficient (Wildman–Crippen LogP) is 2.42. The molecule has 4 nitrogen and oxygen atoms in total. The second kappa shape index (κ2) is 5.07. The van der Waals surface area contributed by atoms with Crippen molar-refractivity contribution < 1.29 is 18.3 Å². The Kier molecular flexibility index (Phi) is 3.34. The minimum atomic E-state index is -2.38. The number of terminal acetylenes is 1. The minimum absolute atomic E-state index is 0.0169. The molecule has 1 atom stereocenters. The van der Waals surface area contributed by atoms with E-state index in [1.165, 1.54) is 0 Å². The van der Waals surface area contributed by atoms with Crippen LogP contribution in [0.2, 0.25) is 0 Å². The first-order valence-electron chi connectivity index (χ1n) is 6.28. The lowest BCUT2D eigenvalue weighted by molar-refractivity contribution is 0.0615. The van der Waals surface area contributed by atoms with Crippen molar-refractivity contribution in [3.63, 3.8) is 0 Å². The van der Waals surface area contributed by atoms with Gasteiger partial charge in [-0.1, -0.05) is 5.92 Å². The summed E-state index contributed by atoms with van der Waals surface area (Å²) in [7, 11) is 0. The molecule has 2 aromatic rings. The SMILES string of the molecule is C#Cc1ccc2c(c1)-c1nc(C(N)=O)sc1C(F)(CF)CO2. The molecule has 0 spiro atoms. The van der Waals surface area contributed by atoms with Crippen LogP contribution in [0, 0.1) is 12.3 Å². The maximum absolute atomic E-state index is 14.9. The van der Waals surface area contributed by atoms with Gasteiger partial charge in [0.05, 0.1) is 10.6 Å². The molecule has 2 heterocycles. The Balaban J connectivity index is 2.30. The van der Waals surface area contributed by atoms with Gasteiger partial charge in [0.15, 0.2) is 5.01 Å². The highest BCUT2D eigenvalue weighted by Crippen LogP contribution is 2.45. The Morgan fingerprint density at radius 2 is 2.36 bits per heavy atom. The van der Waals surface area contributed by atoms with Crippen molar-refractivity contribution in [2.75, 3.05) is 13.3 Å². The Labute approximate surface area is 128 Å². The molecule has 0 saturated heterocycles. The van der Waals surface area contributed by atoms with Gasteiger partial charge in [0, 0.05) is 11.1 Å². The normalized spacial score (nSPS) is 19.3. The first-order valence-corrected chi connectivity index (χ1v) is 7.10. The fraction of sp³-hybridized carbons (Fsp3) is 0.200. The molecule has 1 aromatic heterocycles. The molecule has 112 valence electrons. The third kappa shape index (κ3) is 2.12. The molecule has 1 aliphatic heterocycles. The van der Waals surface area contributed by atoms with Crippen LogP contribution >= 0.6 is 11.3 Å². The van der Waals surface area contributed by atoms with E-state index in [1.807, 2.05) is 0 Å². The van der Waals surface area contributed by atoms with Gasteiger partial charge in [0.25, 0.3) is 5.91 Å². The summed E-state index contributed by atoms with van der Waals surface area (Å²) >= 11 is 0.733. The third-order valence-corrected chi connectivity index (χ3v) is 4.56. The molecule has 0 fully saturated rings. The lowest BCUT2D eigenvalue weighted by atomic mass is 10.0. The molecule has 0 aliphatic carbocycles. The van der Waals surface area contributed by atoms with Crippen LogP contribution in [-0.2, 0) is 5.67 Å². The summed E-state index contributed by atoms with van der Waals surface area (Å²) in [6.45, 7) is -1.81. The molecule has 0 bridgehead atoms. The standard InChI is InChI=1S/C15H10F2N2O2S/c1-2-8-3-4-10-9(5-8)11-12(15(17,6-16)7-21-10)22-14(19-11)13(18)20/h1,3-5H,6-7H2,(H2,18,20). The van der Waals surface area contributed by atoms with Crippen LogP contribution in [0.15, 0.2) is 18.2 Å². The number of hydrogen-bond acceptors (Lipinski definition) is 4. The van der Waals surface area contributed by atoms with E-state index in [0.717, 1.165) is 11.3 Å². The van der Waals surface area contributed by atoms with Crippen LogP contribution in [0.1, 0.15) is 20.2 Å². The number of benzene rings is 1. The number of rotatable bonds is 2. The number of nitrogens with two attached hydrogens (primary N) is 1. The van der Waals surface area contributed by atoms with Crippen LogP contribution in [0.4, 0.5) is 8.78 Å². The van der Waals surface area contributed by atoms with Crippen LogP contribution in [0.25, 0.3) is 11.3 Å². The average Bonchev–Trinajstić information content (AvgIpc) is 2.94. The van der Waals surface area contributed by atoms with Gasteiger partial charge < -0.3 is 10.5 Å². The van der Waals surface area contributed by atoms with Crippen molar-refractivity contribution in [1.82, 2.24) is 4.98 Å². The first-order chi connectivity index (χ1) is 10.5. The van der Waals surface area contributed by atoms with Gasteiger partial charge >= 0.3 is 0 Å². The monoisotopic (exact) mass is 320 g/mol. The molecule has 2 N–H and O–H groups in total. The fourth-order valence-corrected chi connectivity index (χ4v) is 3.18. The van der Waals surface area contributed by atoms with E-state index >= 15 is 0 Å². The van der Waals surface area contributed by atoms with Crippen molar-refractivity contribution in [3.05, 3.63) is 33.6 Å². The maximum atomic E-state index is 14.9. The van der Waals surface area contributed by atoms with Gasteiger partial charge in [0.2, 0.25) is 5.67 Å². The van der Waals surface area contributed by atoms with E-state index in [9.17, 15) is 13.6 Å². The van der Waals surface area contributed by atoms with E-state index in [0.29, 0.717) is 16.9 Å². The molecule has 3 rings (SSSR count). The molecular weight excluding hydrogens is 310 g/mol. The quantitative estimate of drug-likeness (QED) is 0.864. The van der Waals surface area contributed by atoms with Crippen molar-refractivity contribution in [3.8, 4) is 29.4 Å². The van der Waals surface area contributed by atoms with E-state index < -0.39 is 24.9 Å². The largest absolute Gasteiger partial charge is 0.489 e. The van der Waals surface area contributed by atoms with Crippen molar-refractivity contribution in [2.24, 2.45) is 5.73 Å². The first kappa shape index (κ1) is 14.5. The topological polar surface area (TPSA) is 65.2 Å². The predicted molar refractivity (Wildman–Crippen MR) is 78.3 cm³/mol. The zero-order chi connectivity index (χ0) is 15.9. The number of hydrogen-bond donors (Lipinski definition) is 1. The summed E-state index contributed by atoms with van der Waals surface area (Å²) < 4.78 is 33.5. The number of halogens is 2. The highest BCUT2D eigenvalue weighted by molar-refractivity contribution is 7.14. The minimum Gasteiger partial charge on any atom is -0.489 e. The Hall–Kier alpha value is -2.46. The van der Waals surface area contributed by atoms with Gasteiger partial charge in [-0.15, -0.1) is 17.8 Å². The van der Waals surface area contributed by atoms with E-state index in [-0.39, 0.29) is 15.6 Å². The summed E-state index contributed by atoms with van der Waals surface area (Å²) in [5.41, 5.74) is 3.92. The molecule has 0 saturated carbocycles. The number of ether oxygens (including phenoxy) is 1. The highest BCUT2D eigenvalue weighted by atomic mass is 32.1. The van der Waals surface area contributed by atoms with E-state index in [1.54, 1.807) is 18.2 Å². The molecular formula is C15H10F2N2O2S. The van der Waals surface area contributed by atoms with Crippen molar-refractivity contribution in [2.45, 2.75) is 5.67 Å². The molecule has 1 aromatic carbocycles. The highest BCUT2D eigenvalue weighted by Gasteiger charge is 2.42. The van der Waals surface area contributed by atoms with Crippen LogP contribution in [0.5, 0.6) is 5.75 Å². The number of carbonyl (C=O) groups is 1. The summed E-state index contributed by atoms with van der Waals surface area (Å²) in [6, 6.07) is 4.78. The second-order valence-electron chi connectivity index (χ2n) is 4.80. The van der Waals surface area contributed by atoms with Gasteiger partial charge in [-0.05, 0) is 18.2 Å². The van der Waals surface area contributed by atoms with E-state index in [2.05, 4.69) is 10.9 Å². The van der Waals surface area contributed by atoms with Crippen LogP contribution in [0.3, 0.4) is 0 Å². The number of amides is 1. The summed E-state index contributed by atoms with van der Waals surface area (Å²) in [5, 5.41) is -0.0839. The fourth-order valence-electron chi connectivity index (χ4n) is 2.20. The van der Waals surface area contributed by atoms with Crippen LogP contribution in [-0.4, -0.2) is 24.2 Å². The van der Waals surface area contributed by atoms with Gasteiger partial charge in [-0.3, -0.25) is 4.79 Å². The summed E-state index contributed by atoms with van der Waals surface area (Å²) in [5.74, 6) is 1.99. The number of fused-ring (bicyclic) bond motifs is 3. The Morgan fingerprint density at radius 1 is 1.59 bits per heavy atom. The molecule has 7 heteroatoms. The zero-order valence-electron chi connectivity index (χ0n) is 11.2. The average molecular weight is 320 g/mol. The van der Waals surface area contributed by atoms with Crippen molar-refractivity contribution in [1.29, 1.82) is 0 Å². The molecule has 0 radical (unpaired) electrons. The molecule has 1 unspecified atom stereocenters. The lowest BCUT2D eigenvalue weighted by Gasteiger charge is -2.18. The number of primary amides is 1. The van der Waals surface area contributed by atoms with Gasteiger partial charge in [-0.25, -0.2) is 13.8 Å². The van der Waals surface area contributed by atoms with Crippen LogP contribution < -0.4 is 10.5 Å². The Morgan fingerprint density at radius 3 is 3.00 bits per heavy atom. The number of carbonyl (C=O) groups excluding carboxylic acids is 1. The smallest absolute Gasteiger partial charge is 0.277 e. The van der Waals surface area contributed by atoms with E-state index in [4.69, 9.17) is 16.9 Å². The van der Waals surface area contributed by atoms with Gasteiger partial charge in [-0.2, -0.15) is 0 Å². The molecule has 1 aliphatic rings. The molecule has 1 amide bonds. The third-order valence-electron chi connectivity index (χ3n) is 3.31. The van der Waals surface area contributed by atoms with Gasteiger partial charge in [0.1, 0.15) is 19.0 Å². The van der Waals surface area contributed by atoms with Crippen molar-refractivity contribution >= 4 is 17.2 Å². The molecule has 22 heavy (non-hydrogen) atoms. The number of alkyl halides is 2. The summed E-state index contributed by atoms with van der Waals surface area (Å²) in [6.07, 6.45) is 5.36. The second-order valence-corrected chi connectivity index (χ2v) is 5.80. The lowest BCUT2D eigenvalue weighted by Crippen LogP contribution is -2.29.